The van der Waals surface area contributed by atoms with Crippen molar-refractivity contribution in [3.05, 3.63) is 35.1 Å². The van der Waals surface area contributed by atoms with Crippen molar-refractivity contribution in [3.63, 3.8) is 0 Å². The van der Waals surface area contributed by atoms with Gasteiger partial charge in [0.05, 0.1) is 12.8 Å². The van der Waals surface area contributed by atoms with Gasteiger partial charge in [0.15, 0.2) is 0 Å². The number of nitrogen functional groups attached to an aromatic ring is 1. The molecule has 5 nitrogen and oxygen atoms in total. The van der Waals surface area contributed by atoms with E-state index in [1.807, 2.05) is 0 Å². The molecule has 0 unspecified atom stereocenters. The summed E-state index contributed by atoms with van der Waals surface area (Å²) in [6.07, 6.45) is 0. The van der Waals surface area contributed by atoms with Gasteiger partial charge >= 0.3 is 0 Å². The topological polar surface area (TPSA) is 73.1 Å². The molecule has 0 atom stereocenters. The van der Waals surface area contributed by atoms with Crippen LogP contribution in [0.3, 0.4) is 0 Å². The van der Waals surface area contributed by atoms with E-state index >= 15 is 0 Å². The first-order valence-corrected chi connectivity index (χ1v) is 5.37. The molecule has 2 rings (SSSR count). The van der Waals surface area contributed by atoms with Crippen molar-refractivity contribution in [2.45, 2.75) is 0 Å². The van der Waals surface area contributed by atoms with Gasteiger partial charge in [0, 0.05) is 11.1 Å². The summed E-state index contributed by atoms with van der Waals surface area (Å²) in [5, 5.41) is 3.17. The highest BCUT2D eigenvalue weighted by Crippen LogP contribution is 2.24. The van der Waals surface area contributed by atoms with Gasteiger partial charge in [-0.15, -0.1) is 0 Å². The molecule has 3 N–H and O–H groups in total. The lowest BCUT2D eigenvalue weighted by atomic mass is 10.3. The highest BCUT2D eigenvalue weighted by Gasteiger charge is 2.07. The average Bonchev–Trinajstić information content (AvgIpc) is 2.33. The zero-order valence-electron chi connectivity index (χ0n) is 9.45. The number of aromatic nitrogens is 2. The first kappa shape index (κ1) is 12.4. The van der Waals surface area contributed by atoms with Crippen LogP contribution in [-0.2, 0) is 0 Å². The van der Waals surface area contributed by atoms with Crippen molar-refractivity contribution in [1.82, 2.24) is 9.97 Å². The van der Waals surface area contributed by atoms with E-state index in [0.29, 0.717) is 10.8 Å². The van der Waals surface area contributed by atoms with E-state index in [4.69, 9.17) is 22.1 Å². The molecule has 0 saturated heterocycles. The highest BCUT2D eigenvalue weighted by atomic mass is 35.5. The van der Waals surface area contributed by atoms with Crippen molar-refractivity contribution in [2.24, 2.45) is 0 Å². The number of nitrogens with two attached hydrogens (primary N) is 1. The molecule has 0 aliphatic rings. The molecule has 0 amide bonds. The molecule has 1 aromatic heterocycles. The standard InChI is InChI=1S/C11H10ClFN4O/c1-18-10-5-9(16-11(14)17-10)15-8-4-6(12)2-3-7(8)13/h2-5H,1H3,(H3,14,15,16,17). The van der Waals surface area contributed by atoms with Gasteiger partial charge in [-0.05, 0) is 18.2 Å². The Balaban J connectivity index is 2.33. The van der Waals surface area contributed by atoms with Crippen LogP contribution < -0.4 is 15.8 Å². The molecule has 0 aliphatic carbocycles. The molecule has 0 bridgehead atoms. The number of benzene rings is 1. The summed E-state index contributed by atoms with van der Waals surface area (Å²) in [6.45, 7) is 0. The summed E-state index contributed by atoms with van der Waals surface area (Å²) in [4.78, 5) is 7.73. The smallest absolute Gasteiger partial charge is 0.225 e. The zero-order valence-corrected chi connectivity index (χ0v) is 10.2. The number of nitrogens with one attached hydrogen (secondary N) is 1. The van der Waals surface area contributed by atoms with Crippen molar-refractivity contribution >= 4 is 29.1 Å². The Morgan fingerprint density at radius 3 is 2.83 bits per heavy atom. The SMILES string of the molecule is COc1cc(Nc2cc(Cl)ccc2F)nc(N)n1. The molecule has 18 heavy (non-hydrogen) atoms. The molecule has 0 saturated carbocycles. The third-order valence-electron chi connectivity index (χ3n) is 2.12. The van der Waals surface area contributed by atoms with Gasteiger partial charge in [-0.2, -0.15) is 9.97 Å². The minimum Gasteiger partial charge on any atom is -0.481 e. The molecule has 7 heteroatoms. The van der Waals surface area contributed by atoms with Gasteiger partial charge < -0.3 is 15.8 Å². The molecular weight excluding hydrogens is 259 g/mol. The van der Waals surface area contributed by atoms with E-state index < -0.39 is 5.82 Å². The van der Waals surface area contributed by atoms with Crippen LogP contribution in [0.4, 0.5) is 21.8 Å². The number of nitrogens with zero attached hydrogens (tertiary/aromatic N) is 2. The summed E-state index contributed by atoms with van der Waals surface area (Å²) in [5.74, 6) is 0.183. The lowest BCUT2D eigenvalue weighted by Gasteiger charge is -2.08. The minimum atomic E-state index is -0.449. The maximum atomic E-state index is 13.5. The van der Waals surface area contributed by atoms with E-state index in [-0.39, 0.29) is 17.5 Å². The van der Waals surface area contributed by atoms with Crippen molar-refractivity contribution in [2.75, 3.05) is 18.2 Å². The van der Waals surface area contributed by atoms with Gasteiger partial charge in [-0.1, -0.05) is 11.6 Å². The molecule has 1 heterocycles. The maximum Gasteiger partial charge on any atom is 0.225 e. The van der Waals surface area contributed by atoms with Crippen LogP contribution in [0.25, 0.3) is 0 Å². The minimum absolute atomic E-state index is 0.0271. The summed E-state index contributed by atoms with van der Waals surface area (Å²) in [5.41, 5.74) is 5.69. The molecule has 1 aromatic carbocycles. The summed E-state index contributed by atoms with van der Waals surface area (Å²) >= 11 is 5.78. The number of hydrogen-bond donors (Lipinski definition) is 2. The predicted octanol–water partition coefficient (Wildman–Crippen LogP) is 2.60. The van der Waals surface area contributed by atoms with Crippen molar-refractivity contribution < 1.29 is 9.13 Å². The Labute approximate surface area is 108 Å². The molecule has 0 aliphatic heterocycles. The number of ether oxygens (including phenoxy) is 1. The van der Waals surface area contributed by atoms with Gasteiger partial charge in [0.2, 0.25) is 11.8 Å². The number of methoxy groups -OCH3 is 1. The lowest BCUT2D eigenvalue weighted by Crippen LogP contribution is -2.02. The molecule has 2 aromatic rings. The van der Waals surface area contributed by atoms with Crippen molar-refractivity contribution in [1.29, 1.82) is 0 Å². The fourth-order valence-corrected chi connectivity index (χ4v) is 1.51. The number of anilines is 3. The van der Waals surface area contributed by atoms with Crippen LogP contribution in [-0.4, -0.2) is 17.1 Å². The predicted molar refractivity (Wildman–Crippen MR) is 67.7 cm³/mol. The van der Waals surface area contributed by atoms with Crippen molar-refractivity contribution in [3.8, 4) is 5.88 Å². The number of rotatable bonds is 3. The second-order valence-corrected chi connectivity index (χ2v) is 3.84. The second-order valence-electron chi connectivity index (χ2n) is 3.40. The Morgan fingerprint density at radius 1 is 1.33 bits per heavy atom. The Kier molecular flexibility index (Phi) is 3.47. The Hall–Kier alpha value is -2.08. The summed E-state index contributed by atoms with van der Waals surface area (Å²) < 4.78 is 18.4. The second kappa shape index (κ2) is 5.05. The Bertz CT molecular complexity index is 579. The zero-order chi connectivity index (χ0) is 13.1. The van der Waals surface area contributed by atoms with E-state index in [9.17, 15) is 4.39 Å². The van der Waals surface area contributed by atoms with Crippen LogP contribution in [0.2, 0.25) is 5.02 Å². The number of hydrogen-bond acceptors (Lipinski definition) is 5. The first-order chi connectivity index (χ1) is 8.58. The molecular formula is C11H10ClFN4O. The van der Waals surface area contributed by atoms with E-state index in [2.05, 4.69) is 15.3 Å². The Morgan fingerprint density at radius 2 is 2.11 bits per heavy atom. The van der Waals surface area contributed by atoms with Crippen LogP contribution in [0.5, 0.6) is 5.88 Å². The van der Waals surface area contributed by atoms with Crippen LogP contribution in [0.15, 0.2) is 24.3 Å². The van der Waals surface area contributed by atoms with E-state index in [1.54, 1.807) is 0 Å². The van der Waals surface area contributed by atoms with E-state index in [0.717, 1.165) is 0 Å². The van der Waals surface area contributed by atoms with E-state index in [1.165, 1.54) is 31.4 Å². The lowest BCUT2D eigenvalue weighted by molar-refractivity contribution is 0.398. The normalized spacial score (nSPS) is 10.2. The van der Waals surface area contributed by atoms with Gasteiger partial charge in [0.25, 0.3) is 0 Å². The maximum absolute atomic E-state index is 13.5. The van der Waals surface area contributed by atoms with Crippen LogP contribution in [0, 0.1) is 5.82 Å². The molecule has 0 spiro atoms. The quantitative estimate of drug-likeness (QED) is 0.895. The third kappa shape index (κ3) is 2.78. The molecule has 0 fully saturated rings. The summed E-state index contributed by atoms with van der Waals surface area (Å²) in [7, 11) is 1.45. The van der Waals surface area contributed by atoms with Gasteiger partial charge in [0.1, 0.15) is 11.6 Å². The fourth-order valence-electron chi connectivity index (χ4n) is 1.34. The summed E-state index contributed by atoms with van der Waals surface area (Å²) in [6, 6.07) is 5.65. The monoisotopic (exact) mass is 268 g/mol. The van der Waals surface area contributed by atoms with Gasteiger partial charge in [-0.3, -0.25) is 0 Å². The fraction of sp³-hybridized carbons (Fsp3) is 0.0909. The van der Waals surface area contributed by atoms with Crippen LogP contribution >= 0.6 is 11.6 Å². The molecule has 0 radical (unpaired) electrons. The largest absolute Gasteiger partial charge is 0.481 e. The van der Waals surface area contributed by atoms with Gasteiger partial charge in [-0.25, -0.2) is 4.39 Å². The number of halogens is 2. The third-order valence-corrected chi connectivity index (χ3v) is 2.36. The average molecular weight is 269 g/mol. The molecule has 94 valence electrons. The van der Waals surface area contributed by atoms with Crippen LogP contribution in [0.1, 0.15) is 0 Å². The first-order valence-electron chi connectivity index (χ1n) is 4.99. The highest BCUT2D eigenvalue weighted by molar-refractivity contribution is 6.30.